The molecule has 37 heavy (non-hydrogen) atoms. The number of H-pyrrole nitrogens is 1. The number of fused-ring (bicyclic) bond motifs is 3. The summed E-state index contributed by atoms with van der Waals surface area (Å²) in [4.78, 5) is 45.0. The number of aromatic nitrogens is 3. The standard InChI is InChI=1S/C27H27ClN4O5/c1-16(13-24(33)34)32-26(35)30-25(31(27(32)36)15-17-7-9-18(28)10-8-17)29-19-11-12-23-21(14-19)20-5-3-2-4-6-22(20)37-23/h7-12,14,16H,2-6,13,15H2,1H3,(H,33,34)(H,29,30,35)/t16-/m0/s1. The maximum absolute atomic E-state index is 13.5. The Morgan fingerprint density at radius 3 is 2.65 bits per heavy atom. The van der Waals surface area contributed by atoms with Crippen molar-refractivity contribution in [1.29, 1.82) is 0 Å². The van der Waals surface area contributed by atoms with Crippen molar-refractivity contribution in [3.8, 4) is 0 Å². The third-order valence-electron chi connectivity index (χ3n) is 6.72. The number of halogens is 1. The minimum atomic E-state index is -1.11. The van der Waals surface area contributed by atoms with Crippen molar-refractivity contribution in [3.63, 3.8) is 0 Å². The van der Waals surface area contributed by atoms with Gasteiger partial charge in [-0.15, -0.1) is 0 Å². The van der Waals surface area contributed by atoms with Crippen molar-refractivity contribution in [2.75, 3.05) is 0 Å². The van der Waals surface area contributed by atoms with Gasteiger partial charge in [-0.1, -0.05) is 30.2 Å². The molecule has 192 valence electrons. The number of benzene rings is 2. The summed E-state index contributed by atoms with van der Waals surface area (Å²) in [7, 11) is 0. The number of aliphatic carboxylic acids is 1. The van der Waals surface area contributed by atoms with E-state index in [1.807, 2.05) is 12.1 Å². The second-order valence-corrected chi connectivity index (χ2v) is 9.86. The lowest BCUT2D eigenvalue weighted by Crippen LogP contribution is -2.51. The van der Waals surface area contributed by atoms with Crippen molar-refractivity contribution < 1.29 is 14.3 Å². The summed E-state index contributed by atoms with van der Waals surface area (Å²) >= 11 is 6.02. The molecule has 1 aliphatic carbocycles. The van der Waals surface area contributed by atoms with Gasteiger partial charge in [0.1, 0.15) is 11.3 Å². The molecule has 9 nitrogen and oxygen atoms in total. The third-order valence-corrected chi connectivity index (χ3v) is 6.97. The normalized spacial score (nSPS) is 14.9. The molecule has 2 aromatic carbocycles. The quantitative estimate of drug-likeness (QED) is 0.365. The number of hydrogen-bond acceptors (Lipinski definition) is 5. The summed E-state index contributed by atoms with van der Waals surface area (Å²) in [5.74, 6) is -0.0877. The molecule has 0 spiro atoms. The Hall–Kier alpha value is -3.85. The van der Waals surface area contributed by atoms with Crippen LogP contribution in [-0.4, -0.2) is 25.2 Å². The maximum Gasteiger partial charge on any atom is 0.335 e. The van der Waals surface area contributed by atoms with Gasteiger partial charge in [0.05, 0.1) is 24.7 Å². The highest BCUT2D eigenvalue weighted by atomic mass is 35.5. The van der Waals surface area contributed by atoms with Gasteiger partial charge in [-0.25, -0.2) is 19.1 Å². The molecule has 0 saturated heterocycles. The number of carboxylic acid groups (broad SMARTS) is 1. The summed E-state index contributed by atoms with van der Waals surface area (Å²) in [6, 6.07) is 11.7. The van der Waals surface area contributed by atoms with E-state index in [2.05, 4.69) is 9.98 Å². The number of carbonyl (C=O) groups is 1. The van der Waals surface area contributed by atoms with Gasteiger partial charge in [0.15, 0.2) is 0 Å². The molecular weight excluding hydrogens is 496 g/mol. The number of furan rings is 1. The van der Waals surface area contributed by atoms with Crippen LogP contribution in [0.2, 0.25) is 5.02 Å². The largest absolute Gasteiger partial charge is 0.481 e. The van der Waals surface area contributed by atoms with Crippen LogP contribution in [0, 0.1) is 0 Å². The zero-order valence-corrected chi connectivity index (χ0v) is 21.1. The molecule has 2 heterocycles. The molecule has 4 aromatic rings. The van der Waals surface area contributed by atoms with E-state index in [1.54, 1.807) is 30.3 Å². The van der Waals surface area contributed by atoms with Crippen LogP contribution in [-0.2, 0) is 24.2 Å². The first-order valence-corrected chi connectivity index (χ1v) is 12.7. The summed E-state index contributed by atoms with van der Waals surface area (Å²) in [6.07, 6.45) is 4.85. The molecule has 0 radical (unpaired) electrons. The van der Waals surface area contributed by atoms with Crippen LogP contribution in [0.5, 0.6) is 0 Å². The number of aryl methyl sites for hydroxylation is 2. The zero-order chi connectivity index (χ0) is 26.1. The van der Waals surface area contributed by atoms with E-state index in [0.29, 0.717) is 10.7 Å². The Morgan fingerprint density at radius 2 is 1.89 bits per heavy atom. The molecule has 2 aromatic heterocycles. The molecule has 2 N–H and O–H groups in total. The molecular formula is C27H27ClN4O5. The minimum absolute atomic E-state index is 0.0673. The summed E-state index contributed by atoms with van der Waals surface area (Å²) in [5.41, 5.74) is 2.03. The molecule has 0 saturated carbocycles. The highest BCUT2D eigenvalue weighted by Crippen LogP contribution is 2.33. The monoisotopic (exact) mass is 522 g/mol. The van der Waals surface area contributed by atoms with Gasteiger partial charge in [0.2, 0.25) is 5.62 Å². The lowest BCUT2D eigenvalue weighted by Gasteiger charge is -2.15. The van der Waals surface area contributed by atoms with Crippen LogP contribution in [0.25, 0.3) is 11.0 Å². The van der Waals surface area contributed by atoms with Crippen molar-refractivity contribution in [2.45, 2.75) is 58.0 Å². The highest BCUT2D eigenvalue weighted by molar-refractivity contribution is 6.30. The van der Waals surface area contributed by atoms with E-state index in [0.717, 1.165) is 59.0 Å². The Morgan fingerprint density at radius 1 is 1.14 bits per heavy atom. The molecule has 10 heteroatoms. The van der Waals surface area contributed by atoms with Gasteiger partial charge in [-0.3, -0.25) is 14.3 Å². The number of hydrogen-bond donors (Lipinski definition) is 2. The summed E-state index contributed by atoms with van der Waals surface area (Å²) < 4.78 is 8.34. The smallest absolute Gasteiger partial charge is 0.335 e. The van der Waals surface area contributed by atoms with E-state index in [4.69, 9.17) is 16.0 Å². The van der Waals surface area contributed by atoms with Crippen molar-refractivity contribution in [1.82, 2.24) is 14.1 Å². The third kappa shape index (κ3) is 5.17. The Bertz CT molecular complexity index is 1660. The fourth-order valence-corrected chi connectivity index (χ4v) is 5.01. The van der Waals surface area contributed by atoms with Gasteiger partial charge in [0.25, 0.3) is 0 Å². The number of carboxylic acids is 1. The fourth-order valence-electron chi connectivity index (χ4n) is 4.89. The lowest BCUT2D eigenvalue weighted by atomic mass is 10.1. The van der Waals surface area contributed by atoms with Crippen LogP contribution in [0.3, 0.4) is 0 Å². The average Bonchev–Trinajstić information content (AvgIpc) is 3.02. The van der Waals surface area contributed by atoms with E-state index in [1.165, 1.54) is 17.1 Å². The van der Waals surface area contributed by atoms with Gasteiger partial charge >= 0.3 is 17.3 Å². The van der Waals surface area contributed by atoms with E-state index in [-0.39, 0.29) is 18.6 Å². The molecule has 0 fully saturated rings. The van der Waals surface area contributed by atoms with Gasteiger partial charge < -0.3 is 9.52 Å². The Labute approximate surface area is 216 Å². The fraction of sp³-hybridized carbons (Fsp3) is 0.333. The van der Waals surface area contributed by atoms with E-state index < -0.39 is 23.4 Å². The second kappa shape index (κ2) is 10.3. The molecule has 0 aliphatic heterocycles. The maximum atomic E-state index is 13.5. The molecule has 5 rings (SSSR count). The lowest BCUT2D eigenvalue weighted by molar-refractivity contribution is -0.137. The summed E-state index contributed by atoms with van der Waals surface area (Å²) in [6.45, 7) is 1.63. The number of rotatable bonds is 6. The van der Waals surface area contributed by atoms with Crippen LogP contribution in [0.4, 0.5) is 5.69 Å². The molecule has 0 bridgehead atoms. The van der Waals surface area contributed by atoms with Crippen LogP contribution >= 0.6 is 11.6 Å². The topological polar surface area (TPSA) is 123 Å². The first-order chi connectivity index (χ1) is 17.8. The van der Waals surface area contributed by atoms with Crippen molar-refractivity contribution >= 4 is 34.2 Å². The van der Waals surface area contributed by atoms with Gasteiger partial charge in [0, 0.05) is 22.4 Å². The number of nitrogens with zero attached hydrogens (tertiary/aromatic N) is 3. The van der Waals surface area contributed by atoms with Crippen LogP contribution < -0.4 is 17.0 Å². The predicted octanol–water partition coefficient (Wildman–Crippen LogP) is 4.32. The second-order valence-electron chi connectivity index (χ2n) is 9.42. The van der Waals surface area contributed by atoms with Crippen LogP contribution in [0.15, 0.2) is 61.5 Å². The molecule has 1 atom stereocenters. The summed E-state index contributed by atoms with van der Waals surface area (Å²) in [5, 5.41) is 10.8. The first kappa shape index (κ1) is 24.8. The van der Waals surface area contributed by atoms with Crippen molar-refractivity contribution in [2.24, 2.45) is 4.99 Å². The SMILES string of the molecule is C[C@@H](CC(=O)O)n1c(=O)[nH]/c(=N\c2ccc3oc4c(c3c2)CCCCC4)n(Cc2ccc(Cl)cc2)c1=O. The highest BCUT2D eigenvalue weighted by Gasteiger charge is 2.19. The predicted molar refractivity (Wildman–Crippen MR) is 140 cm³/mol. The Kier molecular flexibility index (Phi) is 6.88. The number of aromatic amines is 1. The zero-order valence-electron chi connectivity index (χ0n) is 20.4. The van der Waals surface area contributed by atoms with Gasteiger partial charge in [-0.05, 0) is 62.1 Å². The van der Waals surface area contributed by atoms with Gasteiger partial charge in [-0.2, -0.15) is 0 Å². The minimum Gasteiger partial charge on any atom is -0.481 e. The number of nitrogens with one attached hydrogen (secondary N) is 1. The van der Waals surface area contributed by atoms with Crippen LogP contribution in [0.1, 0.15) is 55.5 Å². The Balaban J connectivity index is 1.67. The van der Waals surface area contributed by atoms with Crippen molar-refractivity contribution in [3.05, 3.63) is 91.0 Å². The van der Waals surface area contributed by atoms with E-state index in [9.17, 15) is 19.5 Å². The molecule has 0 unspecified atom stereocenters. The molecule has 1 aliphatic rings. The van der Waals surface area contributed by atoms with E-state index >= 15 is 0 Å². The first-order valence-electron chi connectivity index (χ1n) is 12.3. The average molecular weight is 523 g/mol. The molecule has 0 amide bonds.